The summed E-state index contributed by atoms with van der Waals surface area (Å²) < 4.78 is 1.89. The molecule has 1 amide bonds. The highest BCUT2D eigenvalue weighted by atomic mass is 16.2. The largest absolute Gasteiger partial charge is 0.342 e. The van der Waals surface area contributed by atoms with Gasteiger partial charge in [-0.15, -0.1) is 0 Å². The van der Waals surface area contributed by atoms with Crippen molar-refractivity contribution in [3.8, 4) is 6.07 Å². The highest BCUT2D eigenvalue weighted by molar-refractivity contribution is 5.77. The molecule has 3 aromatic rings. The topological polar surface area (TPSA) is 90.6 Å². The molecule has 7 nitrogen and oxygen atoms in total. The Balaban J connectivity index is 1.40. The minimum absolute atomic E-state index is 0.195. The van der Waals surface area contributed by atoms with Crippen LogP contribution < -0.4 is 0 Å². The predicted molar refractivity (Wildman–Crippen MR) is 120 cm³/mol. The van der Waals surface area contributed by atoms with Crippen LogP contribution in [-0.2, 0) is 17.8 Å². The third-order valence-electron chi connectivity index (χ3n) is 6.37. The van der Waals surface area contributed by atoms with Crippen LogP contribution in [0.15, 0.2) is 18.2 Å². The summed E-state index contributed by atoms with van der Waals surface area (Å²) in [6.07, 6.45) is 3.66. The van der Waals surface area contributed by atoms with Gasteiger partial charge in [0.2, 0.25) is 5.91 Å². The van der Waals surface area contributed by atoms with Crippen LogP contribution in [0.5, 0.6) is 0 Å². The third-order valence-corrected chi connectivity index (χ3v) is 6.37. The van der Waals surface area contributed by atoms with Crippen LogP contribution in [-0.4, -0.2) is 43.6 Å². The number of carbonyl (C=O) groups excluding carboxylic acids is 1. The van der Waals surface area contributed by atoms with Gasteiger partial charge >= 0.3 is 0 Å². The summed E-state index contributed by atoms with van der Waals surface area (Å²) in [6.45, 7) is 8.22. The molecule has 1 aromatic carbocycles. The van der Waals surface area contributed by atoms with Gasteiger partial charge in [0.05, 0.1) is 35.8 Å². The van der Waals surface area contributed by atoms with Crippen molar-refractivity contribution in [3.63, 3.8) is 0 Å². The summed E-state index contributed by atoms with van der Waals surface area (Å²) in [5.74, 6) is 1.44. The van der Waals surface area contributed by atoms with Gasteiger partial charge in [-0.2, -0.15) is 10.4 Å². The number of nitrogens with zero attached hydrogens (tertiary/aromatic N) is 5. The van der Waals surface area contributed by atoms with Gasteiger partial charge in [-0.25, -0.2) is 4.98 Å². The molecule has 4 rings (SSSR count). The lowest BCUT2D eigenvalue weighted by Gasteiger charge is -2.32. The van der Waals surface area contributed by atoms with E-state index >= 15 is 0 Å². The zero-order valence-electron chi connectivity index (χ0n) is 18.6. The van der Waals surface area contributed by atoms with Crippen molar-refractivity contribution in [1.29, 1.82) is 5.26 Å². The molecule has 31 heavy (non-hydrogen) atoms. The Morgan fingerprint density at radius 2 is 2.16 bits per heavy atom. The lowest BCUT2D eigenvalue weighted by atomic mass is 9.96. The van der Waals surface area contributed by atoms with Gasteiger partial charge in [-0.3, -0.25) is 9.48 Å². The first-order chi connectivity index (χ1) is 15.0. The Morgan fingerprint density at radius 1 is 1.32 bits per heavy atom. The van der Waals surface area contributed by atoms with E-state index in [2.05, 4.69) is 41.3 Å². The zero-order valence-corrected chi connectivity index (χ0v) is 18.6. The molecule has 7 heteroatoms. The third kappa shape index (κ3) is 4.48. The molecule has 0 spiro atoms. The molecular formula is C24H30N6O. The van der Waals surface area contributed by atoms with E-state index in [9.17, 15) is 4.79 Å². The number of H-pyrrole nitrogens is 1. The molecule has 3 heterocycles. The smallest absolute Gasteiger partial charge is 0.222 e. The molecule has 1 atom stereocenters. The maximum atomic E-state index is 13.0. The van der Waals surface area contributed by atoms with E-state index in [1.165, 1.54) is 5.56 Å². The molecule has 0 aliphatic carbocycles. The standard InChI is InChI=1S/C24H30N6O/c1-16-7-9-21-22(14-16)27-24(26-21)19-6-4-12-29(15-19)23(31)10-8-20-17(2)28-30(18(20)3)13-5-11-25/h7,9,14,19H,4-6,8,10,12-13,15H2,1-3H3,(H,26,27)/t19-/m1/s1. The predicted octanol–water partition coefficient (Wildman–Crippen LogP) is 3.94. The number of piperidine rings is 1. The fourth-order valence-electron chi connectivity index (χ4n) is 4.62. The van der Waals surface area contributed by atoms with E-state index in [-0.39, 0.29) is 11.8 Å². The van der Waals surface area contributed by atoms with Gasteiger partial charge in [-0.1, -0.05) is 6.07 Å². The highest BCUT2D eigenvalue weighted by Crippen LogP contribution is 2.28. The molecule has 1 fully saturated rings. The average Bonchev–Trinajstić information content (AvgIpc) is 3.30. The van der Waals surface area contributed by atoms with E-state index < -0.39 is 0 Å². The Morgan fingerprint density at radius 3 is 2.97 bits per heavy atom. The van der Waals surface area contributed by atoms with Crippen LogP contribution >= 0.6 is 0 Å². The van der Waals surface area contributed by atoms with Crippen LogP contribution in [0.4, 0.5) is 0 Å². The van der Waals surface area contributed by atoms with Crippen LogP contribution in [0.3, 0.4) is 0 Å². The molecule has 162 valence electrons. The van der Waals surface area contributed by atoms with Gasteiger partial charge in [-0.05, 0) is 63.3 Å². The van der Waals surface area contributed by atoms with Crippen molar-refractivity contribution in [3.05, 3.63) is 46.5 Å². The molecule has 2 aromatic heterocycles. The number of fused-ring (bicyclic) bond motifs is 1. The number of hydrogen-bond acceptors (Lipinski definition) is 4. The molecule has 1 aliphatic rings. The first-order valence-corrected chi connectivity index (χ1v) is 11.1. The van der Waals surface area contributed by atoms with Crippen molar-refractivity contribution >= 4 is 16.9 Å². The Labute approximate surface area is 183 Å². The summed E-state index contributed by atoms with van der Waals surface area (Å²) in [6, 6.07) is 8.42. The van der Waals surface area contributed by atoms with Gasteiger partial charge in [0, 0.05) is 31.1 Å². The number of nitriles is 1. The number of rotatable bonds is 6. The van der Waals surface area contributed by atoms with Crippen LogP contribution in [0.2, 0.25) is 0 Å². The highest BCUT2D eigenvalue weighted by Gasteiger charge is 2.27. The molecule has 0 saturated carbocycles. The first kappa shape index (κ1) is 21.1. The summed E-state index contributed by atoms with van der Waals surface area (Å²) in [5.41, 5.74) is 6.42. The summed E-state index contributed by atoms with van der Waals surface area (Å²) in [7, 11) is 0. The first-order valence-electron chi connectivity index (χ1n) is 11.1. The average molecular weight is 419 g/mol. The Bertz CT molecular complexity index is 1140. The molecule has 0 unspecified atom stereocenters. The number of aromatic amines is 1. The fourth-order valence-corrected chi connectivity index (χ4v) is 4.62. The summed E-state index contributed by atoms with van der Waals surface area (Å²) in [4.78, 5) is 23.3. The summed E-state index contributed by atoms with van der Waals surface area (Å²) in [5, 5.41) is 13.4. The SMILES string of the molecule is Cc1ccc2nc([C@@H]3CCCN(C(=O)CCc4c(C)nn(CCC#N)c4C)C3)[nH]c2c1. The van der Waals surface area contributed by atoms with E-state index in [1.807, 2.05) is 23.4 Å². The van der Waals surface area contributed by atoms with Crippen molar-refractivity contribution in [2.75, 3.05) is 13.1 Å². The van der Waals surface area contributed by atoms with Crippen molar-refractivity contribution in [1.82, 2.24) is 24.6 Å². The number of benzene rings is 1. The number of amides is 1. The zero-order chi connectivity index (χ0) is 22.0. The van der Waals surface area contributed by atoms with Crippen molar-refractivity contribution in [2.24, 2.45) is 0 Å². The Hall–Kier alpha value is -3.14. The van der Waals surface area contributed by atoms with Gasteiger partial charge < -0.3 is 9.88 Å². The lowest BCUT2D eigenvalue weighted by Crippen LogP contribution is -2.39. The van der Waals surface area contributed by atoms with Crippen molar-refractivity contribution in [2.45, 2.75) is 65.3 Å². The minimum Gasteiger partial charge on any atom is -0.342 e. The van der Waals surface area contributed by atoms with E-state index in [4.69, 9.17) is 10.2 Å². The fraction of sp³-hybridized carbons (Fsp3) is 0.500. The number of hydrogen-bond donors (Lipinski definition) is 1. The van der Waals surface area contributed by atoms with Crippen LogP contribution in [0.1, 0.15) is 59.9 Å². The molecular weight excluding hydrogens is 388 g/mol. The van der Waals surface area contributed by atoms with Crippen LogP contribution in [0, 0.1) is 32.1 Å². The minimum atomic E-state index is 0.195. The number of nitrogens with one attached hydrogen (secondary N) is 1. The number of carbonyl (C=O) groups is 1. The number of imidazole rings is 1. The molecule has 1 saturated heterocycles. The second kappa shape index (κ2) is 8.93. The molecule has 1 aliphatic heterocycles. The number of likely N-dealkylation sites (tertiary alicyclic amines) is 1. The maximum Gasteiger partial charge on any atom is 0.222 e. The van der Waals surface area contributed by atoms with Gasteiger partial charge in [0.25, 0.3) is 0 Å². The quantitative estimate of drug-likeness (QED) is 0.656. The van der Waals surface area contributed by atoms with Gasteiger partial charge in [0.15, 0.2) is 0 Å². The molecule has 0 radical (unpaired) electrons. The van der Waals surface area contributed by atoms with E-state index in [0.29, 0.717) is 25.8 Å². The molecule has 0 bridgehead atoms. The lowest BCUT2D eigenvalue weighted by molar-refractivity contribution is -0.132. The summed E-state index contributed by atoms with van der Waals surface area (Å²) >= 11 is 0. The molecule has 1 N–H and O–H groups in total. The van der Waals surface area contributed by atoms with E-state index in [0.717, 1.165) is 59.7 Å². The van der Waals surface area contributed by atoms with Crippen LogP contribution in [0.25, 0.3) is 11.0 Å². The second-order valence-corrected chi connectivity index (χ2v) is 8.60. The monoisotopic (exact) mass is 418 g/mol. The van der Waals surface area contributed by atoms with E-state index in [1.54, 1.807) is 0 Å². The van der Waals surface area contributed by atoms with Gasteiger partial charge in [0.1, 0.15) is 5.82 Å². The number of aromatic nitrogens is 4. The maximum absolute atomic E-state index is 13.0. The van der Waals surface area contributed by atoms with Crippen molar-refractivity contribution < 1.29 is 4.79 Å². The normalized spacial score (nSPS) is 16.6. The second-order valence-electron chi connectivity index (χ2n) is 8.60. The Kier molecular flexibility index (Phi) is 6.08. The number of aryl methyl sites for hydroxylation is 3.